The number of nitrogens with one attached hydrogen (secondary N) is 1. The molecule has 1 aromatic carbocycles. The smallest absolute Gasteiger partial charge is 0.274 e. The van der Waals surface area contributed by atoms with Crippen molar-refractivity contribution in [1.29, 1.82) is 0 Å². The van der Waals surface area contributed by atoms with Crippen LogP contribution in [0.25, 0.3) is 15.4 Å². The van der Waals surface area contributed by atoms with E-state index in [0.29, 0.717) is 24.5 Å². The molecular formula is C23H23N5O2S2. The zero-order chi connectivity index (χ0) is 22.2. The number of benzene rings is 1. The molecule has 2 amide bonds. The van der Waals surface area contributed by atoms with Gasteiger partial charge >= 0.3 is 0 Å². The Balaban J connectivity index is 1.32. The Morgan fingerprint density at radius 2 is 2.00 bits per heavy atom. The summed E-state index contributed by atoms with van der Waals surface area (Å²) in [6.07, 6.45) is 5.29. The molecule has 1 saturated heterocycles. The summed E-state index contributed by atoms with van der Waals surface area (Å²) in [5.41, 5.74) is 2.02. The van der Waals surface area contributed by atoms with Gasteiger partial charge in [0, 0.05) is 30.2 Å². The van der Waals surface area contributed by atoms with Gasteiger partial charge in [-0.25, -0.2) is 9.97 Å². The van der Waals surface area contributed by atoms with Crippen molar-refractivity contribution in [3.63, 3.8) is 0 Å². The van der Waals surface area contributed by atoms with E-state index in [-0.39, 0.29) is 17.9 Å². The minimum atomic E-state index is -0.177. The lowest BCUT2D eigenvalue weighted by molar-refractivity contribution is 0.0720. The molecule has 0 unspecified atom stereocenters. The lowest BCUT2D eigenvalue weighted by Gasteiger charge is -2.24. The molecule has 1 aliphatic rings. The number of aryl methyl sites for hydroxylation is 2. The Morgan fingerprint density at radius 3 is 2.81 bits per heavy atom. The lowest BCUT2D eigenvalue weighted by atomic mass is 10.1. The van der Waals surface area contributed by atoms with E-state index < -0.39 is 0 Å². The number of carbonyl (C=O) groups excluding carboxylic acids is 2. The standard InChI is InChI=1S/C23H23N5O2S2/c1-14-13-28-18(12-25-23(28)31-14)21(29)24-11-17-9-6-10-27(17)22(30)19-20(32-15(2)26-19)16-7-4-3-5-8-16/h3-5,7-8,12-13,17H,6,9-11H2,1-2H3,(H,24,29)/t17-/m0/s1. The summed E-state index contributed by atoms with van der Waals surface area (Å²) in [5.74, 6) is -0.241. The van der Waals surface area contributed by atoms with E-state index >= 15 is 0 Å². The maximum atomic E-state index is 13.5. The molecule has 1 atom stereocenters. The van der Waals surface area contributed by atoms with Gasteiger partial charge in [0.2, 0.25) is 0 Å². The topological polar surface area (TPSA) is 79.6 Å². The Labute approximate surface area is 193 Å². The summed E-state index contributed by atoms with van der Waals surface area (Å²) in [6.45, 7) is 5.00. The molecule has 0 spiro atoms. The monoisotopic (exact) mass is 465 g/mol. The number of amides is 2. The predicted octanol–water partition coefficient (Wildman–Crippen LogP) is 4.17. The van der Waals surface area contributed by atoms with Gasteiger partial charge in [0.25, 0.3) is 11.8 Å². The Morgan fingerprint density at radius 1 is 1.19 bits per heavy atom. The van der Waals surface area contributed by atoms with Gasteiger partial charge in [-0.15, -0.1) is 22.7 Å². The second-order valence-electron chi connectivity index (χ2n) is 7.92. The highest BCUT2D eigenvalue weighted by molar-refractivity contribution is 7.17. The first kappa shape index (κ1) is 20.8. The van der Waals surface area contributed by atoms with Crippen LogP contribution in [0.3, 0.4) is 0 Å². The number of carbonyl (C=O) groups is 2. The quantitative estimate of drug-likeness (QED) is 0.480. The molecule has 5 rings (SSSR count). The van der Waals surface area contributed by atoms with Gasteiger partial charge in [0.1, 0.15) is 11.4 Å². The minimum Gasteiger partial charge on any atom is -0.349 e. The number of nitrogens with zero attached hydrogens (tertiary/aromatic N) is 4. The van der Waals surface area contributed by atoms with E-state index in [9.17, 15) is 9.59 Å². The van der Waals surface area contributed by atoms with Crippen LogP contribution in [0.1, 0.15) is 43.7 Å². The fraction of sp³-hybridized carbons (Fsp3) is 0.304. The second kappa shape index (κ2) is 8.48. The molecule has 164 valence electrons. The molecule has 1 N–H and O–H groups in total. The average Bonchev–Trinajstić information content (AvgIpc) is 3.55. The predicted molar refractivity (Wildman–Crippen MR) is 126 cm³/mol. The molecule has 1 aliphatic heterocycles. The zero-order valence-corrected chi connectivity index (χ0v) is 19.5. The molecule has 0 saturated carbocycles. The molecule has 0 aliphatic carbocycles. The van der Waals surface area contributed by atoms with Crippen molar-refractivity contribution in [2.75, 3.05) is 13.1 Å². The third kappa shape index (κ3) is 3.82. The van der Waals surface area contributed by atoms with Gasteiger partial charge in [0.05, 0.1) is 16.1 Å². The van der Waals surface area contributed by atoms with Crippen LogP contribution in [0.5, 0.6) is 0 Å². The number of thiazole rings is 2. The van der Waals surface area contributed by atoms with E-state index in [1.54, 1.807) is 17.5 Å². The number of fused-ring (bicyclic) bond motifs is 1. The first-order valence-corrected chi connectivity index (χ1v) is 12.2. The normalized spacial score (nSPS) is 16.1. The van der Waals surface area contributed by atoms with E-state index in [0.717, 1.165) is 38.1 Å². The highest BCUT2D eigenvalue weighted by atomic mass is 32.1. The van der Waals surface area contributed by atoms with Gasteiger partial charge in [-0.05, 0) is 32.3 Å². The van der Waals surface area contributed by atoms with Crippen LogP contribution in [0.4, 0.5) is 0 Å². The highest BCUT2D eigenvalue weighted by Gasteiger charge is 2.33. The molecule has 32 heavy (non-hydrogen) atoms. The SMILES string of the molecule is Cc1cn2c(C(=O)NC[C@@H]3CCCN3C(=O)c3nc(C)sc3-c3ccccc3)cnc2s1. The summed E-state index contributed by atoms with van der Waals surface area (Å²) in [5, 5.41) is 3.88. The summed E-state index contributed by atoms with van der Waals surface area (Å²) >= 11 is 3.09. The number of rotatable bonds is 5. The summed E-state index contributed by atoms with van der Waals surface area (Å²) in [4.78, 5) is 39.8. The third-order valence-electron chi connectivity index (χ3n) is 5.67. The van der Waals surface area contributed by atoms with Crippen LogP contribution in [0, 0.1) is 13.8 Å². The van der Waals surface area contributed by atoms with Crippen LogP contribution in [0.15, 0.2) is 42.7 Å². The molecular weight excluding hydrogens is 442 g/mol. The average molecular weight is 466 g/mol. The van der Waals surface area contributed by atoms with Crippen molar-refractivity contribution in [2.24, 2.45) is 0 Å². The van der Waals surface area contributed by atoms with Crippen LogP contribution in [-0.4, -0.2) is 50.2 Å². The van der Waals surface area contributed by atoms with E-state index in [2.05, 4.69) is 15.3 Å². The van der Waals surface area contributed by atoms with Crippen LogP contribution >= 0.6 is 22.7 Å². The van der Waals surface area contributed by atoms with Crippen molar-refractivity contribution in [2.45, 2.75) is 32.7 Å². The van der Waals surface area contributed by atoms with E-state index in [4.69, 9.17) is 0 Å². The van der Waals surface area contributed by atoms with Crippen molar-refractivity contribution >= 4 is 39.4 Å². The van der Waals surface area contributed by atoms with Crippen molar-refractivity contribution in [3.05, 3.63) is 64.0 Å². The molecule has 0 bridgehead atoms. The van der Waals surface area contributed by atoms with E-state index in [1.165, 1.54) is 11.3 Å². The lowest BCUT2D eigenvalue weighted by Crippen LogP contribution is -2.43. The third-order valence-corrected chi connectivity index (χ3v) is 7.60. The second-order valence-corrected chi connectivity index (χ2v) is 10.3. The first-order chi connectivity index (χ1) is 15.5. The minimum absolute atomic E-state index is 0.0512. The van der Waals surface area contributed by atoms with Crippen LogP contribution in [0.2, 0.25) is 0 Å². The maximum absolute atomic E-state index is 13.5. The van der Waals surface area contributed by atoms with Crippen LogP contribution in [-0.2, 0) is 0 Å². The van der Waals surface area contributed by atoms with Gasteiger partial charge in [-0.2, -0.15) is 0 Å². The number of hydrogen-bond donors (Lipinski definition) is 1. The number of hydrogen-bond acceptors (Lipinski definition) is 6. The van der Waals surface area contributed by atoms with Crippen molar-refractivity contribution < 1.29 is 9.59 Å². The zero-order valence-electron chi connectivity index (χ0n) is 17.9. The molecule has 9 heteroatoms. The Kier molecular flexibility index (Phi) is 5.52. The van der Waals surface area contributed by atoms with Gasteiger partial charge in [-0.1, -0.05) is 30.3 Å². The highest BCUT2D eigenvalue weighted by Crippen LogP contribution is 2.32. The van der Waals surface area contributed by atoms with Crippen molar-refractivity contribution in [1.82, 2.24) is 24.6 Å². The molecule has 1 fully saturated rings. The Bertz CT molecular complexity index is 1290. The summed E-state index contributed by atoms with van der Waals surface area (Å²) in [7, 11) is 0. The van der Waals surface area contributed by atoms with Gasteiger partial charge in [0.15, 0.2) is 4.96 Å². The molecule has 4 aromatic rings. The molecule has 7 nitrogen and oxygen atoms in total. The van der Waals surface area contributed by atoms with Gasteiger partial charge < -0.3 is 10.2 Å². The fourth-order valence-electron chi connectivity index (χ4n) is 4.17. The number of imidazole rings is 1. The van der Waals surface area contributed by atoms with Crippen LogP contribution < -0.4 is 5.32 Å². The number of likely N-dealkylation sites (tertiary alicyclic amines) is 1. The van der Waals surface area contributed by atoms with Crippen molar-refractivity contribution in [3.8, 4) is 10.4 Å². The maximum Gasteiger partial charge on any atom is 0.274 e. The fourth-order valence-corrected chi connectivity index (χ4v) is 5.89. The molecule has 4 heterocycles. The molecule has 3 aromatic heterocycles. The van der Waals surface area contributed by atoms with E-state index in [1.807, 2.05) is 59.7 Å². The van der Waals surface area contributed by atoms with Gasteiger partial charge in [-0.3, -0.25) is 14.0 Å². The largest absolute Gasteiger partial charge is 0.349 e. The number of aromatic nitrogens is 3. The molecule has 0 radical (unpaired) electrons. The Hall–Kier alpha value is -3.04. The first-order valence-electron chi connectivity index (χ1n) is 10.6. The summed E-state index contributed by atoms with van der Waals surface area (Å²) < 4.78 is 1.82. The summed E-state index contributed by atoms with van der Waals surface area (Å²) in [6, 6.07) is 9.85.